The molecule has 0 aliphatic carbocycles. The van der Waals surface area contributed by atoms with Crippen molar-refractivity contribution in [2.75, 3.05) is 26.2 Å². The van der Waals surface area contributed by atoms with Crippen LogP contribution in [0.2, 0.25) is 0 Å². The van der Waals surface area contributed by atoms with Gasteiger partial charge in [0.1, 0.15) is 0 Å². The van der Waals surface area contributed by atoms with Crippen molar-refractivity contribution in [1.29, 1.82) is 0 Å². The van der Waals surface area contributed by atoms with Gasteiger partial charge in [0.2, 0.25) is 0 Å². The maximum atomic E-state index is 12.4. The van der Waals surface area contributed by atoms with Crippen LogP contribution < -0.4 is 5.73 Å². The molecule has 2 unspecified atom stereocenters. The van der Waals surface area contributed by atoms with E-state index in [-0.39, 0.29) is 6.04 Å². The molecule has 0 aromatic carbocycles. The highest BCUT2D eigenvalue weighted by molar-refractivity contribution is 7.86. The van der Waals surface area contributed by atoms with Gasteiger partial charge < -0.3 is 5.73 Å². The van der Waals surface area contributed by atoms with E-state index in [1.807, 2.05) is 0 Å². The van der Waals surface area contributed by atoms with Crippen LogP contribution in [0.1, 0.15) is 32.6 Å². The summed E-state index contributed by atoms with van der Waals surface area (Å²) in [6.07, 6.45) is 3.91. The van der Waals surface area contributed by atoms with Crippen molar-refractivity contribution in [3.8, 4) is 0 Å². The minimum absolute atomic E-state index is 0.000684. The fraction of sp³-hybridized carbons (Fsp3) is 1.00. The summed E-state index contributed by atoms with van der Waals surface area (Å²) in [4.78, 5) is 0. The first-order valence-corrected chi connectivity index (χ1v) is 7.90. The number of nitrogens with zero attached hydrogens (tertiary/aromatic N) is 2. The zero-order valence-electron chi connectivity index (χ0n) is 10.5. The van der Waals surface area contributed by atoms with Crippen molar-refractivity contribution in [2.24, 2.45) is 11.7 Å². The molecule has 0 radical (unpaired) electrons. The van der Waals surface area contributed by atoms with Gasteiger partial charge in [-0.2, -0.15) is 17.0 Å². The Bertz CT molecular complexity index is 330. The predicted molar refractivity (Wildman–Crippen MR) is 67.7 cm³/mol. The van der Waals surface area contributed by atoms with Crippen LogP contribution in [0.4, 0.5) is 0 Å². The molecule has 2 heterocycles. The lowest BCUT2D eigenvalue weighted by molar-refractivity contribution is 0.241. The first-order valence-electron chi connectivity index (χ1n) is 6.51. The van der Waals surface area contributed by atoms with E-state index in [4.69, 9.17) is 5.73 Å². The van der Waals surface area contributed by atoms with E-state index in [0.29, 0.717) is 32.1 Å². The fourth-order valence-electron chi connectivity index (χ4n) is 2.70. The monoisotopic (exact) mass is 261 g/mol. The highest BCUT2D eigenvalue weighted by Gasteiger charge is 2.34. The second-order valence-corrected chi connectivity index (χ2v) is 7.30. The van der Waals surface area contributed by atoms with Crippen molar-refractivity contribution in [3.05, 3.63) is 0 Å². The lowest BCUT2D eigenvalue weighted by atomic mass is 10.0. The second kappa shape index (κ2) is 5.22. The van der Waals surface area contributed by atoms with Crippen LogP contribution in [0.25, 0.3) is 0 Å². The summed E-state index contributed by atoms with van der Waals surface area (Å²) in [5, 5.41) is 0. The van der Waals surface area contributed by atoms with Gasteiger partial charge in [0.05, 0.1) is 0 Å². The summed E-state index contributed by atoms with van der Waals surface area (Å²) in [6, 6.07) is 0.000684. The molecule has 0 bridgehead atoms. The molecule has 0 aromatic rings. The molecule has 0 saturated carbocycles. The summed E-state index contributed by atoms with van der Waals surface area (Å²) in [5.74, 6) is 0.469. The first-order chi connectivity index (χ1) is 8.00. The Morgan fingerprint density at radius 3 is 2.24 bits per heavy atom. The summed E-state index contributed by atoms with van der Waals surface area (Å²) >= 11 is 0. The minimum atomic E-state index is -3.26. The Kier molecular flexibility index (Phi) is 4.07. The van der Waals surface area contributed by atoms with Gasteiger partial charge in [-0.1, -0.05) is 6.92 Å². The van der Waals surface area contributed by atoms with Crippen LogP contribution >= 0.6 is 0 Å². The Morgan fingerprint density at radius 1 is 1.06 bits per heavy atom. The number of piperidine rings is 2. The third-order valence-corrected chi connectivity index (χ3v) is 5.66. The van der Waals surface area contributed by atoms with E-state index in [1.54, 1.807) is 8.61 Å². The second-order valence-electron chi connectivity index (χ2n) is 5.37. The summed E-state index contributed by atoms with van der Waals surface area (Å²) in [5.41, 5.74) is 5.85. The number of rotatable bonds is 2. The molecule has 2 saturated heterocycles. The molecule has 2 aliphatic heterocycles. The Labute approximate surface area is 104 Å². The molecule has 0 aromatic heterocycles. The Balaban J connectivity index is 2.06. The highest BCUT2D eigenvalue weighted by atomic mass is 32.2. The normalized spacial score (nSPS) is 33.8. The lowest BCUT2D eigenvalue weighted by Crippen LogP contribution is -2.53. The Morgan fingerprint density at radius 2 is 1.65 bits per heavy atom. The van der Waals surface area contributed by atoms with E-state index in [9.17, 15) is 8.42 Å². The molecule has 17 heavy (non-hydrogen) atoms. The van der Waals surface area contributed by atoms with E-state index in [2.05, 4.69) is 6.92 Å². The maximum absolute atomic E-state index is 12.4. The van der Waals surface area contributed by atoms with Crippen LogP contribution in [-0.4, -0.2) is 49.2 Å². The third-order valence-electron chi connectivity index (χ3n) is 3.69. The molecular weight excluding hydrogens is 238 g/mol. The molecule has 2 fully saturated rings. The minimum Gasteiger partial charge on any atom is -0.327 e. The van der Waals surface area contributed by atoms with E-state index in [1.165, 1.54) is 0 Å². The zero-order valence-corrected chi connectivity index (χ0v) is 11.3. The van der Waals surface area contributed by atoms with Gasteiger partial charge in [-0.05, 0) is 31.6 Å². The molecule has 2 rings (SSSR count). The Hall–Kier alpha value is -0.170. The number of hydrogen-bond donors (Lipinski definition) is 1. The van der Waals surface area contributed by atoms with Crippen molar-refractivity contribution < 1.29 is 8.42 Å². The summed E-state index contributed by atoms with van der Waals surface area (Å²) < 4.78 is 28.1. The van der Waals surface area contributed by atoms with E-state index in [0.717, 1.165) is 25.7 Å². The van der Waals surface area contributed by atoms with Crippen molar-refractivity contribution in [1.82, 2.24) is 8.61 Å². The lowest BCUT2D eigenvalue weighted by Gasteiger charge is -2.37. The highest BCUT2D eigenvalue weighted by Crippen LogP contribution is 2.22. The summed E-state index contributed by atoms with van der Waals surface area (Å²) in [7, 11) is -3.26. The largest absolute Gasteiger partial charge is 0.327 e. The predicted octanol–water partition coefficient (Wildman–Crippen LogP) is 0.386. The van der Waals surface area contributed by atoms with Crippen molar-refractivity contribution >= 4 is 10.2 Å². The molecule has 100 valence electrons. The molecule has 2 N–H and O–H groups in total. The van der Waals surface area contributed by atoms with Crippen LogP contribution in [0.3, 0.4) is 0 Å². The van der Waals surface area contributed by atoms with Crippen LogP contribution in [0.15, 0.2) is 0 Å². The van der Waals surface area contributed by atoms with Gasteiger partial charge in [0.15, 0.2) is 0 Å². The fourth-order valence-corrected chi connectivity index (χ4v) is 4.57. The van der Waals surface area contributed by atoms with Crippen LogP contribution in [0, 0.1) is 5.92 Å². The van der Waals surface area contributed by atoms with Gasteiger partial charge >= 0.3 is 0 Å². The van der Waals surface area contributed by atoms with Gasteiger partial charge in [-0.15, -0.1) is 0 Å². The molecule has 0 spiro atoms. The molecular formula is C11H23N3O2S. The molecule has 6 heteroatoms. The third kappa shape index (κ3) is 2.99. The van der Waals surface area contributed by atoms with Gasteiger partial charge in [-0.3, -0.25) is 0 Å². The number of hydrogen-bond acceptors (Lipinski definition) is 3. The maximum Gasteiger partial charge on any atom is 0.282 e. The van der Waals surface area contributed by atoms with E-state index < -0.39 is 10.2 Å². The zero-order chi connectivity index (χ0) is 12.5. The SMILES string of the molecule is CC1CCCN(S(=O)(=O)N2CCCC(N)C2)C1. The quantitative estimate of drug-likeness (QED) is 0.782. The topological polar surface area (TPSA) is 66.6 Å². The molecule has 5 nitrogen and oxygen atoms in total. The molecule has 2 aliphatic rings. The van der Waals surface area contributed by atoms with Crippen molar-refractivity contribution in [3.63, 3.8) is 0 Å². The smallest absolute Gasteiger partial charge is 0.282 e. The van der Waals surface area contributed by atoms with Crippen molar-refractivity contribution in [2.45, 2.75) is 38.6 Å². The van der Waals surface area contributed by atoms with Gasteiger partial charge in [0.25, 0.3) is 10.2 Å². The standard InChI is InChI=1S/C11H23N3O2S/c1-10-4-2-6-13(8-10)17(15,16)14-7-3-5-11(12)9-14/h10-11H,2-9,12H2,1H3. The van der Waals surface area contributed by atoms with Crippen LogP contribution in [0.5, 0.6) is 0 Å². The summed E-state index contributed by atoms with van der Waals surface area (Å²) in [6.45, 7) is 4.55. The van der Waals surface area contributed by atoms with Gasteiger partial charge in [0, 0.05) is 32.2 Å². The average molecular weight is 261 g/mol. The first kappa shape index (κ1) is 13.3. The van der Waals surface area contributed by atoms with Crippen LogP contribution in [-0.2, 0) is 10.2 Å². The number of nitrogens with two attached hydrogens (primary N) is 1. The van der Waals surface area contributed by atoms with E-state index >= 15 is 0 Å². The molecule has 0 amide bonds. The molecule has 2 atom stereocenters. The van der Waals surface area contributed by atoms with Gasteiger partial charge in [-0.25, -0.2) is 0 Å². The average Bonchev–Trinajstić information content (AvgIpc) is 2.29.